The second-order valence-corrected chi connectivity index (χ2v) is 8.83. The lowest BCUT2D eigenvalue weighted by Crippen LogP contribution is -2.43. The Morgan fingerprint density at radius 3 is 2.03 bits per heavy atom. The number of hydrogen-bond donors (Lipinski definition) is 2. The summed E-state index contributed by atoms with van der Waals surface area (Å²) in [5.41, 5.74) is 0.191. The van der Waals surface area contributed by atoms with Crippen LogP contribution in [-0.2, 0) is 14.4 Å². The Morgan fingerprint density at radius 2 is 1.62 bits per heavy atom. The fourth-order valence-electron chi connectivity index (χ4n) is 3.46. The van der Waals surface area contributed by atoms with E-state index in [1.807, 2.05) is 13.8 Å². The predicted octanol–water partition coefficient (Wildman–Crippen LogP) is 4.32. The molecule has 1 rings (SSSR count). The van der Waals surface area contributed by atoms with E-state index in [0.717, 1.165) is 6.04 Å². The molecule has 7 nitrogen and oxygen atoms in total. The van der Waals surface area contributed by atoms with E-state index in [4.69, 9.17) is 5.11 Å². The van der Waals surface area contributed by atoms with Gasteiger partial charge in [-0.15, -0.1) is 0 Å². The maximum atomic E-state index is 11.7. The third-order valence-corrected chi connectivity index (χ3v) is 5.34. The van der Waals surface area contributed by atoms with Gasteiger partial charge in [-0.1, -0.05) is 60.0 Å². The number of carboxylic acids is 1. The number of carbonyl (C=O) groups is 3. The Morgan fingerprint density at radius 1 is 1.09 bits per heavy atom. The Labute approximate surface area is 196 Å². The van der Waals surface area contributed by atoms with E-state index in [9.17, 15) is 14.4 Å². The van der Waals surface area contributed by atoms with E-state index < -0.39 is 5.97 Å². The number of nitrogens with one attached hydrogen (secondary N) is 1. The van der Waals surface area contributed by atoms with Crippen LogP contribution < -0.4 is 5.32 Å². The molecule has 2 atom stereocenters. The minimum Gasteiger partial charge on any atom is -0.478 e. The van der Waals surface area contributed by atoms with E-state index in [2.05, 4.69) is 37.9 Å². The molecule has 2 amide bonds. The van der Waals surface area contributed by atoms with Gasteiger partial charge in [0.15, 0.2) is 0 Å². The molecule has 1 heterocycles. The van der Waals surface area contributed by atoms with Crippen molar-refractivity contribution in [3.05, 3.63) is 11.6 Å². The van der Waals surface area contributed by atoms with Gasteiger partial charge < -0.3 is 20.2 Å². The van der Waals surface area contributed by atoms with Crippen molar-refractivity contribution in [3.8, 4) is 0 Å². The molecule has 2 N–H and O–H groups in total. The SMILES string of the molecule is C/C(=C\[C@H](C(C)C)N(C)C(=O)CNC=O)C(=O)O.CCC.CCCC(C)N1CCCCC1. The first-order valence-electron chi connectivity index (χ1n) is 12.1. The molecule has 1 saturated heterocycles. The first-order valence-corrected chi connectivity index (χ1v) is 12.1. The van der Waals surface area contributed by atoms with Crippen molar-refractivity contribution in [3.63, 3.8) is 0 Å². The van der Waals surface area contributed by atoms with Crippen molar-refractivity contribution in [2.24, 2.45) is 5.92 Å². The highest BCUT2D eigenvalue weighted by Crippen LogP contribution is 2.15. The van der Waals surface area contributed by atoms with Crippen LogP contribution in [0.3, 0.4) is 0 Å². The van der Waals surface area contributed by atoms with Crippen LogP contribution in [-0.4, -0.2) is 72.0 Å². The molecular formula is C25H49N3O4. The number of likely N-dealkylation sites (N-methyl/N-ethyl adjacent to an activating group) is 1. The molecule has 0 aromatic rings. The van der Waals surface area contributed by atoms with Crippen LogP contribution in [0.4, 0.5) is 0 Å². The van der Waals surface area contributed by atoms with Gasteiger partial charge in [0.1, 0.15) is 0 Å². The zero-order valence-corrected chi connectivity index (χ0v) is 21.8. The first kappa shape index (κ1) is 32.3. The molecule has 1 fully saturated rings. The van der Waals surface area contributed by atoms with Gasteiger partial charge in [0, 0.05) is 18.7 Å². The number of amides is 2. The molecular weight excluding hydrogens is 406 g/mol. The van der Waals surface area contributed by atoms with E-state index in [0.29, 0.717) is 6.41 Å². The topological polar surface area (TPSA) is 90.0 Å². The van der Waals surface area contributed by atoms with Gasteiger partial charge in [-0.2, -0.15) is 0 Å². The summed E-state index contributed by atoms with van der Waals surface area (Å²) in [4.78, 5) is 36.7. The van der Waals surface area contributed by atoms with Gasteiger partial charge >= 0.3 is 5.97 Å². The first-order chi connectivity index (χ1) is 15.1. The molecule has 0 aromatic carbocycles. The van der Waals surface area contributed by atoms with Crippen molar-refractivity contribution >= 4 is 18.3 Å². The zero-order chi connectivity index (χ0) is 25.1. The number of hydrogen-bond acceptors (Lipinski definition) is 4. The number of carbonyl (C=O) groups excluding carboxylic acids is 2. The normalized spacial score (nSPS) is 16.0. The lowest BCUT2D eigenvalue weighted by molar-refractivity contribution is -0.133. The lowest BCUT2D eigenvalue weighted by Gasteiger charge is -2.32. The number of aliphatic carboxylic acids is 1. The highest BCUT2D eigenvalue weighted by Gasteiger charge is 2.21. The Hall–Kier alpha value is -1.89. The fraction of sp³-hybridized carbons (Fsp3) is 0.800. The second kappa shape index (κ2) is 19.8. The molecule has 7 heteroatoms. The van der Waals surface area contributed by atoms with Crippen LogP contribution in [0.2, 0.25) is 0 Å². The van der Waals surface area contributed by atoms with Gasteiger partial charge in [-0.3, -0.25) is 9.59 Å². The maximum Gasteiger partial charge on any atom is 0.331 e. The Kier molecular flexibility index (Phi) is 19.9. The highest BCUT2D eigenvalue weighted by molar-refractivity contribution is 5.86. The average molecular weight is 456 g/mol. The van der Waals surface area contributed by atoms with E-state index in [-0.39, 0.29) is 30.0 Å². The van der Waals surface area contributed by atoms with E-state index in [1.165, 1.54) is 63.4 Å². The highest BCUT2D eigenvalue weighted by atomic mass is 16.4. The number of nitrogens with zero attached hydrogens (tertiary/aromatic N) is 2. The van der Waals surface area contributed by atoms with Crippen LogP contribution >= 0.6 is 0 Å². The second-order valence-electron chi connectivity index (χ2n) is 8.83. The van der Waals surface area contributed by atoms with Gasteiger partial charge in [0.2, 0.25) is 12.3 Å². The Balaban J connectivity index is 0. The summed E-state index contributed by atoms with van der Waals surface area (Å²) in [7, 11) is 1.59. The van der Waals surface area contributed by atoms with Crippen molar-refractivity contribution in [2.45, 2.75) is 99.1 Å². The quantitative estimate of drug-likeness (QED) is 0.378. The minimum atomic E-state index is -1.01. The standard InChI is InChI=1S/C12H20N2O4.C10H21N.C3H8/c1-8(2)10(5-9(3)12(17)18)14(4)11(16)6-13-7-15;1-3-7-10(2)11-8-5-4-6-9-11;1-3-2/h5,7-8,10H,6H2,1-4H3,(H,13,15)(H,17,18);10H,3-9H2,1-2H3;3H2,1-2H3/b9-5+;;/t10-;;/m1../s1. The minimum absolute atomic E-state index is 0.0736. The molecule has 0 aliphatic carbocycles. The van der Waals surface area contributed by atoms with Gasteiger partial charge in [-0.25, -0.2) is 4.79 Å². The number of rotatable bonds is 10. The molecule has 0 radical (unpaired) electrons. The molecule has 1 unspecified atom stereocenters. The fourth-order valence-corrected chi connectivity index (χ4v) is 3.46. The molecule has 188 valence electrons. The summed E-state index contributed by atoms with van der Waals surface area (Å²) in [5, 5.41) is 11.1. The maximum absolute atomic E-state index is 11.7. The van der Waals surface area contributed by atoms with E-state index >= 15 is 0 Å². The van der Waals surface area contributed by atoms with Crippen molar-refractivity contribution in [2.75, 3.05) is 26.7 Å². The largest absolute Gasteiger partial charge is 0.478 e. The summed E-state index contributed by atoms with van der Waals surface area (Å²) in [6.45, 7) is 16.8. The number of likely N-dealkylation sites (tertiary alicyclic amines) is 1. The summed E-state index contributed by atoms with van der Waals surface area (Å²) in [5.74, 6) is -1.20. The molecule has 32 heavy (non-hydrogen) atoms. The third-order valence-electron chi connectivity index (χ3n) is 5.34. The molecule has 0 saturated carbocycles. The molecule has 0 aromatic heterocycles. The number of carboxylic acid groups (broad SMARTS) is 1. The summed E-state index contributed by atoms with van der Waals surface area (Å²) >= 11 is 0. The van der Waals surface area contributed by atoms with Crippen LogP contribution in [0.25, 0.3) is 0 Å². The Bertz CT molecular complexity index is 543. The van der Waals surface area contributed by atoms with Crippen molar-refractivity contribution in [1.82, 2.24) is 15.1 Å². The molecule has 1 aliphatic rings. The summed E-state index contributed by atoms with van der Waals surface area (Å²) < 4.78 is 0. The van der Waals surface area contributed by atoms with Crippen LogP contribution in [0.5, 0.6) is 0 Å². The predicted molar refractivity (Wildman–Crippen MR) is 133 cm³/mol. The van der Waals surface area contributed by atoms with Crippen LogP contribution in [0.1, 0.15) is 87.0 Å². The van der Waals surface area contributed by atoms with Crippen molar-refractivity contribution < 1.29 is 19.5 Å². The van der Waals surface area contributed by atoms with Crippen LogP contribution in [0.15, 0.2) is 11.6 Å². The summed E-state index contributed by atoms with van der Waals surface area (Å²) in [6.07, 6.45) is 10.3. The van der Waals surface area contributed by atoms with Gasteiger partial charge in [0.25, 0.3) is 0 Å². The molecule has 0 spiro atoms. The zero-order valence-electron chi connectivity index (χ0n) is 21.8. The van der Waals surface area contributed by atoms with Gasteiger partial charge in [-0.05, 0) is 52.1 Å². The number of piperidine rings is 1. The summed E-state index contributed by atoms with van der Waals surface area (Å²) in [6, 6.07) is 0.516. The van der Waals surface area contributed by atoms with Crippen molar-refractivity contribution in [1.29, 1.82) is 0 Å². The van der Waals surface area contributed by atoms with E-state index in [1.54, 1.807) is 13.1 Å². The third kappa shape index (κ3) is 15.0. The average Bonchev–Trinajstić information content (AvgIpc) is 2.76. The molecule has 1 aliphatic heterocycles. The van der Waals surface area contributed by atoms with Gasteiger partial charge in [0.05, 0.1) is 12.6 Å². The molecule has 0 bridgehead atoms. The lowest BCUT2D eigenvalue weighted by atomic mass is 10.00. The monoisotopic (exact) mass is 455 g/mol. The smallest absolute Gasteiger partial charge is 0.331 e. The van der Waals surface area contributed by atoms with Crippen LogP contribution in [0, 0.1) is 5.92 Å².